The molecule has 9 heteroatoms. The third kappa shape index (κ3) is 3.66. The summed E-state index contributed by atoms with van der Waals surface area (Å²) >= 11 is 6.01. The summed E-state index contributed by atoms with van der Waals surface area (Å²) < 4.78 is 16.7. The number of hydrogen-bond acceptors (Lipinski definition) is 7. The maximum absolute atomic E-state index is 13.8. The molecule has 2 aliphatic heterocycles. The molecule has 180 valence electrons. The number of para-hydroxylation sites is 1. The lowest BCUT2D eigenvalue weighted by molar-refractivity contribution is -0.126. The quantitative estimate of drug-likeness (QED) is 0.469. The van der Waals surface area contributed by atoms with Crippen LogP contribution in [-0.4, -0.2) is 39.2 Å². The molecular formula is C26H23ClN2O6. The molecule has 0 N–H and O–H groups in total. The molecule has 2 fully saturated rings. The van der Waals surface area contributed by atoms with E-state index in [1.165, 1.54) is 21.3 Å². The van der Waals surface area contributed by atoms with Crippen LogP contribution in [0.4, 0.5) is 11.4 Å². The lowest BCUT2D eigenvalue weighted by atomic mass is 9.89. The number of ether oxygens (including phenoxy) is 3. The molecule has 3 atom stereocenters. The number of carbonyl (C=O) groups is 2. The molecule has 35 heavy (non-hydrogen) atoms. The number of halogens is 1. The number of hydroxylamine groups is 1. The minimum absolute atomic E-state index is 0.373. The van der Waals surface area contributed by atoms with Gasteiger partial charge in [-0.15, -0.1) is 0 Å². The van der Waals surface area contributed by atoms with Crippen molar-refractivity contribution in [3.8, 4) is 17.2 Å². The number of rotatable bonds is 6. The van der Waals surface area contributed by atoms with E-state index >= 15 is 0 Å². The molecule has 2 aliphatic rings. The Morgan fingerprint density at radius 2 is 1.46 bits per heavy atom. The van der Waals surface area contributed by atoms with Crippen molar-refractivity contribution in [2.24, 2.45) is 5.92 Å². The summed E-state index contributed by atoms with van der Waals surface area (Å²) in [7, 11) is 4.56. The first-order chi connectivity index (χ1) is 17.0. The van der Waals surface area contributed by atoms with Crippen LogP contribution in [0.1, 0.15) is 11.6 Å². The maximum atomic E-state index is 13.8. The van der Waals surface area contributed by atoms with Crippen LogP contribution in [0, 0.1) is 5.92 Å². The van der Waals surface area contributed by atoms with E-state index in [-0.39, 0.29) is 5.91 Å². The first kappa shape index (κ1) is 23.0. The fraction of sp³-hybridized carbons (Fsp3) is 0.231. The summed E-state index contributed by atoms with van der Waals surface area (Å²) in [5.74, 6) is -0.382. The fourth-order valence-electron chi connectivity index (χ4n) is 4.73. The van der Waals surface area contributed by atoms with Crippen molar-refractivity contribution in [3.05, 3.63) is 77.3 Å². The van der Waals surface area contributed by atoms with Crippen LogP contribution in [0.3, 0.4) is 0 Å². The lowest BCUT2D eigenvalue weighted by Crippen LogP contribution is -2.37. The highest BCUT2D eigenvalue weighted by Crippen LogP contribution is 2.52. The summed E-state index contributed by atoms with van der Waals surface area (Å²) in [6, 6.07) is 18.7. The van der Waals surface area contributed by atoms with Gasteiger partial charge in [0, 0.05) is 10.6 Å². The Labute approximate surface area is 207 Å². The largest absolute Gasteiger partial charge is 0.493 e. The van der Waals surface area contributed by atoms with Crippen molar-refractivity contribution >= 4 is 34.8 Å². The highest BCUT2D eigenvalue weighted by molar-refractivity contribution is 6.31. The van der Waals surface area contributed by atoms with Crippen LogP contribution in [-0.2, 0) is 14.4 Å². The average Bonchev–Trinajstić information content (AvgIpc) is 3.39. The van der Waals surface area contributed by atoms with E-state index in [9.17, 15) is 9.59 Å². The Morgan fingerprint density at radius 1 is 0.771 bits per heavy atom. The van der Waals surface area contributed by atoms with Crippen LogP contribution >= 0.6 is 11.6 Å². The van der Waals surface area contributed by atoms with Crippen molar-refractivity contribution in [2.75, 3.05) is 31.3 Å². The molecule has 3 aromatic rings. The first-order valence-corrected chi connectivity index (χ1v) is 11.3. The molecular weight excluding hydrogens is 472 g/mol. The Kier molecular flexibility index (Phi) is 6.00. The zero-order valence-corrected chi connectivity index (χ0v) is 20.1. The van der Waals surface area contributed by atoms with Crippen LogP contribution in [0.15, 0.2) is 66.7 Å². The second-order valence-corrected chi connectivity index (χ2v) is 8.51. The van der Waals surface area contributed by atoms with Gasteiger partial charge in [-0.2, -0.15) is 0 Å². The Balaban J connectivity index is 1.65. The summed E-state index contributed by atoms with van der Waals surface area (Å²) in [5.41, 5.74) is 1.76. The molecule has 0 spiro atoms. The summed E-state index contributed by atoms with van der Waals surface area (Å²) in [5, 5.41) is 2.11. The molecule has 0 aromatic heterocycles. The summed E-state index contributed by atoms with van der Waals surface area (Å²) in [6.45, 7) is 0. The molecule has 2 saturated heterocycles. The van der Waals surface area contributed by atoms with Gasteiger partial charge < -0.3 is 14.2 Å². The number of fused-ring (bicyclic) bond motifs is 1. The maximum Gasteiger partial charge on any atom is 0.266 e. The molecule has 8 nitrogen and oxygen atoms in total. The molecule has 0 saturated carbocycles. The number of amides is 2. The van der Waals surface area contributed by atoms with Gasteiger partial charge in [0.2, 0.25) is 11.7 Å². The predicted octanol–water partition coefficient (Wildman–Crippen LogP) is 4.42. The third-order valence-corrected chi connectivity index (χ3v) is 6.52. The average molecular weight is 495 g/mol. The minimum atomic E-state index is -1.01. The van der Waals surface area contributed by atoms with E-state index in [1.807, 2.05) is 30.3 Å². The van der Waals surface area contributed by atoms with Gasteiger partial charge in [0.1, 0.15) is 12.0 Å². The normalized spacial score (nSPS) is 21.3. The number of hydrogen-bond donors (Lipinski definition) is 0. The van der Waals surface area contributed by atoms with Gasteiger partial charge in [-0.3, -0.25) is 14.4 Å². The molecule has 0 radical (unpaired) electrons. The van der Waals surface area contributed by atoms with Gasteiger partial charge in [-0.05, 0) is 48.5 Å². The van der Waals surface area contributed by atoms with Crippen molar-refractivity contribution in [1.29, 1.82) is 0 Å². The minimum Gasteiger partial charge on any atom is -0.493 e. The number of benzene rings is 3. The van der Waals surface area contributed by atoms with Gasteiger partial charge in [-0.25, -0.2) is 9.96 Å². The van der Waals surface area contributed by atoms with Crippen molar-refractivity contribution in [2.45, 2.75) is 12.1 Å². The molecule has 0 aliphatic carbocycles. The molecule has 2 amide bonds. The van der Waals surface area contributed by atoms with Crippen LogP contribution in [0.5, 0.6) is 17.2 Å². The summed E-state index contributed by atoms with van der Waals surface area (Å²) in [4.78, 5) is 34.6. The molecule has 0 unspecified atom stereocenters. The van der Waals surface area contributed by atoms with E-state index in [2.05, 4.69) is 0 Å². The molecule has 0 bridgehead atoms. The Morgan fingerprint density at radius 3 is 2.09 bits per heavy atom. The monoisotopic (exact) mass is 494 g/mol. The van der Waals surface area contributed by atoms with Gasteiger partial charge >= 0.3 is 0 Å². The molecule has 2 heterocycles. The van der Waals surface area contributed by atoms with Gasteiger partial charge in [-0.1, -0.05) is 29.8 Å². The first-order valence-electron chi connectivity index (χ1n) is 10.9. The predicted molar refractivity (Wildman–Crippen MR) is 130 cm³/mol. The summed E-state index contributed by atoms with van der Waals surface area (Å²) in [6.07, 6.45) is -1.01. The second kappa shape index (κ2) is 9.13. The van der Waals surface area contributed by atoms with Crippen molar-refractivity contribution in [1.82, 2.24) is 0 Å². The Hall–Kier alpha value is -3.75. The third-order valence-electron chi connectivity index (χ3n) is 6.26. The highest BCUT2D eigenvalue weighted by atomic mass is 35.5. The number of carbonyl (C=O) groups excluding carboxylic acids is 2. The van der Waals surface area contributed by atoms with Crippen LogP contribution in [0.25, 0.3) is 0 Å². The molecule has 3 aromatic carbocycles. The van der Waals surface area contributed by atoms with E-state index in [0.717, 1.165) is 4.90 Å². The number of methoxy groups -OCH3 is 3. The number of anilines is 2. The Bertz CT molecular complexity index is 1270. The zero-order chi connectivity index (χ0) is 24.7. The van der Waals surface area contributed by atoms with Crippen LogP contribution in [0.2, 0.25) is 5.02 Å². The van der Waals surface area contributed by atoms with E-state index in [0.29, 0.717) is 39.2 Å². The van der Waals surface area contributed by atoms with Gasteiger partial charge in [0.15, 0.2) is 17.6 Å². The number of nitrogens with zero attached hydrogens (tertiary/aromatic N) is 2. The second-order valence-electron chi connectivity index (χ2n) is 8.07. The standard InChI is InChI=1S/C26H23ClN2O6/c1-32-19-14-13-18(22(33-2)23(19)34-3)21-20-24(35-29(21)17-7-5-4-6-8-17)26(31)28(25(20)30)16-11-9-15(27)10-12-16/h4-14,20-21,24H,1-3H3/t20-,21-,24-/m0/s1. The van der Waals surface area contributed by atoms with Gasteiger partial charge in [0.05, 0.1) is 32.7 Å². The van der Waals surface area contributed by atoms with Crippen LogP contribution < -0.4 is 24.2 Å². The smallest absolute Gasteiger partial charge is 0.266 e. The lowest BCUT2D eigenvalue weighted by Gasteiger charge is -2.30. The fourth-order valence-corrected chi connectivity index (χ4v) is 4.86. The van der Waals surface area contributed by atoms with Crippen molar-refractivity contribution in [3.63, 3.8) is 0 Å². The van der Waals surface area contributed by atoms with E-state index in [4.69, 9.17) is 30.6 Å². The topological polar surface area (TPSA) is 77.5 Å². The van der Waals surface area contributed by atoms with Gasteiger partial charge in [0.25, 0.3) is 5.91 Å². The highest BCUT2D eigenvalue weighted by Gasteiger charge is 2.61. The zero-order valence-electron chi connectivity index (χ0n) is 19.3. The molecule has 5 rings (SSSR count). The van der Waals surface area contributed by atoms with Crippen molar-refractivity contribution < 1.29 is 28.6 Å². The number of imide groups is 1. The SMILES string of the molecule is COc1ccc([C@H]2[C@@H]3C(=O)N(c4ccc(Cl)cc4)C(=O)[C@H]3ON2c2ccccc2)c(OC)c1OC. The van der Waals surface area contributed by atoms with E-state index < -0.39 is 24.0 Å². The van der Waals surface area contributed by atoms with E-state index in [1.54, 1.807) is 41.5 Å².